The van der Waals surface area contributed by atoms with E-state index in [9.17, 15) is 0 Å². The minimum absolute atomic E-state index is 0.107. The van der Waals surface area contributed by atoms with E-state index in [1.165, 1.54) is 0 Å². The molecule has 0 fully saturated rings. The third-order valence-corrected chi connectivity index (χ3v) is 3.22. The molecule has 3 N–H and O–H groups in total. The molecule has 0 aliphatic rings. The summed E-state index contributed by atoms with van der Waals surface area (Å²) in [5.41, 5.74) is 4.87. The van der Waals surface area contributed by atoms with Crippen LogP contribution in [0.1, 0.15) is 30.6 Å². The minimum atomic E-state index is -0.107. The first-order chi connectivity index (χ1) is 8.76. The van der Waals surface area contributed by atoms with Crippen molar-refractivity contribution in [1.82, 2.24) is 20.4 Å². The zero-order chi connectivity index (χ0) is 13.0. The lowest BCUT2D eigenvalue weighted by Gasteiger charge is -2.17. The zero-order valence-corrected chi connectivity index (χ0v) is 11.8. The molecule has 1 atom stereocenters. The number of rotatable bonds is 5. The van der Waals surface area contributed by atoms with Crippen LogP contribution < -0.4 is 11.3 Å². The summed E-state index contributed by atoms with van der Waals surface area (Å²) in [6.07, 6.45) is 2.76. The van der Waals surface area contributed by atoms with Crippen LogP contribution in [-0.4, -0.2) is 15.0 Å². The molecule has 6 heteroatoms. The Morgan fingerprint density at radius 2 is 2.33 bits per heavy atom. The van der Waals surface area contributed by atoms with Crippen LogP contribution in [0.5, 0.6) is 0 Å². The van der Waals surface area contributed by atoms with Gasteiger partial charge >= 0.3 is 0 Å². The van der Waals surface area contributed by atoms with Gasteiger partial charge in [0.25, 0.3) is 0 Å². The number of hydrazine groups is 1. The maximum absolute atomic E-state index is 5.68. The summed E-state index contributed by atoms with van der Waals surface area (Å²) in [6, 6.07) is 7.92. The second kappa shape index (κ2) is 6.08. The molecule has 1 heterocycles. The Hall–Kier alpha value is -1.24. The van der Waals surface area contributed by atoms with Crippen molar-refractivity contribution in [3.05, 3.63) is 46.2 Å². The average molecular weight is 310 g/mol. The van der Waals surface area contributed by atoms with Gasteiger partial charge in [0.15, 0.2) is 0 Å². The molecular formula is C12H16BrN5. The molecule has 2 aromatic rings. The average Bonchev–Trinajstić information content (AvgIpc) is 2.79. The smallest absolute Gasteiger partial charge is 0.0895 e. The van der Waals surface area contributed by atoms with Crippen LogP contribution in [-0.2, 0) is 6.54 Å². The van der Waals surface area contributed by atoms with Crippen molar-refractivity contribution in [3.63, 3.8) is 0 Å². The second-order valence-electron chi connectivity index (χ2n) is 4.04. The molecule has 96 valence electrons. The van der Waals surface area contributed by atoms with Crippen LogP contribution in [0.15, 0.2) is 34.9 Å². The molecule has 1 aromatic carbocycles. The molecule has 2 rings (SSSR count). The lowest BCUT2D eigenvalue weighted by atomic mass is 10.1. The summed E-state index contributed by atoms with van der Waals surface area (Å²) in [4.78, 5) is 0. The Morgan fingerprint density at radius 3 is 3.00 bits per heavy atom. The first-order valence-corrected chi connectivity index (χ1v) is 6.65. The van der Waals surface area contributed by atoms with E-state index in [-0.39, 0.29) is 6.04 Å². The molecule has 1 aromatic heterocycles. The van der Waals surface area contributed by atoms with Crippen LogP contribution in [0.25, 0.3) is 0 Å². The maximum atomic E-state index is 5.68. The highest BCUT2D eigenvalue weighted by Crippen LogP contribution is 2.23. The number of nitrogens with zero attached hydrogens (tertiary/aromatic N) is 3. The van der Waals surface area contributed by atoms with Gasteiger partial charge in [0.2, 0.25) is 0 Å². The van der Waals surface area contributed by atoms with Gasteiger partial charge in [-0.2, -0.15) is 0 Å². The Bertz CT molecular complexity index is 511. The van der Waals surface area contributed by atoms with Crippen molar-refractivity contribution in [1.29, 1.82) is 0 Å². The minimum Gasteiger partial charge on any atom is -0.271 e. The van der Waals surface area contributed by atoms with Gasteiger partial charge < -0.3 is 0 Å². The van der Waals surface area contributed by atoms with E-state index < -0.39 is 0 Å². The highest BCUT2D eigenvalue weighted by atomic mass is 79.9. The molecule has 0 saturated carbocycles. The largest absolute Gasteiger partial charge is 0.271 e. The Morgan fingerprint density at radius 1 is 1.50 bits per heavy atom. The third-order valence-electron chi connectivity index (χ3n) is 2.73. The number of nitrogens with one attached hydrogen (secondary N) is 1. The van der Waals surface area contributed by atoms with Crippen molar-refractivity contribution >= 4 is 15.9 Å². The predicted octanol–water partition coefficient (Wildman–Crippen LogP) is 2.00. The van der Waals surface area contributed by atoms with Crippen molar-refractivity contribution < 1.29 is 0 Å². The van der Waals surface area contributed by atoms with Crippen LogP contribution in [0.2, 0.25) is 0 Å². The normalized spacial score (nSPS) is 12.6. The molecule has 0 aliphatic heterocycles. The fraction of sp³-hybridized carbons (Fsp3) is 0.333. The SMILES string of the molecule is CCCn1nncc1C(NN)c1cccc(Br)c1. The molecule has 0 aliphatic carbocycles. The number of aromatic nitrogens is 3. The Balaban J connectivity index is 2.36. The lowest BCUT2D eigenvalue weighted by Crippen LogP contribution is -2.30. The summed E-state index contributed by atoms with van der Waals surface area (Å²) in [7, 11) is 0. The fourth-order valence-electron chi connectivity index (χ4n) is 1.91. The lowest BCUT2D eigenvalue weighted by molar-refractivity contribution is 0.512. The standard InChI is InChI=1S/C12H16BrN5/c1-2-6-18-11(8-15-17-18)12(16-14)9-4-3-5-10(13)7-9/h3-5,7-8,12,16H,2,6,14H2,1H3. The van der Waals surface area contributed by atoms with Crippen molar-refractivity contribution in [3.8, 4) is 0 Å². The molecule has 0 radical (unpaired) electrons. The van der Waals surface area contributed by atoms with Crippen LogP contribution >= 0.6 is 15.9 Å². The molecule has 0 amide bonds. The molecule has 0 bridgehead atoms. The van der Waals surface area contributed by atoms with Gasteiger partial charge in [-0.1, -0.05) is 40.2 Å². The number of aryl methyl sites for hydroxylation is 1. The van der Waals surface area contributed by atoms with Gasteiger partial charge in [-0.05, 0) is 24.1 Å². The zero-order valence-electron chi connectivity index (χ0n) is 10.2. The van der Waals surface area contributed by atoms with Gasteiger partial charge in [-0.15, -0.1) is 5.10 Å². The molecule has 0 saturated heterocycles. The van der Waals surface area contributed by atoms with E-state index in [0.717, 1.165) is 28.7 Å². The van der Waals surface area contributed by atoms with Crippen molar-refractivity contribution in [2.75, 3.05) is 0 Å². The molecular weight excluding hydrogens is 294 g/mol. The van der Waals surface area contributed by atoms with Gasteiger partial charge in [-0.25, -0.2) is 10.1 Å². The fourth-order valence-corrected chi connectivity index (χ4v) is 2.33. The van der Waals surface area contributed by atoms with Gasteiger partial charge in [0, 0.05) is 11.0 Å². The Labute approximate surface area is 114 Å². The molecule has 1 unspecified atom stereocenters. The summed E-state index contributed by atoms with van der Waals surface area (Å²) in [5.74, 6) is 5.68. The molecule has 18 heavy (non-hydrogen) atoms. The number of hydrogen-bond donors (Lipinski definition) is 2. The number of benzene rings is 1. The summed E-state index contributed by atoms with van der Waals surface area (Å²) in [6.45, 7) is 2.94. The highest BCUT2D eigenvalue weighted by molar-refractivity contribution is 9.10. The van der Waals surface area contributed by atoms with E-state index in [2.05, 4.69) is 38.6 Å². The van der Waals surface area contributed by atoms with Crippen LogP contribution in [0.3, 0.4) is 0 Å². The number of hydrogen-bond acceptors (Lipinski definition) is 4. The van der Waals surface area contributed by atoms with Gasteiger partial charge in [-0.3, -0.25) is 5.84 Å². The van der Waals surface area contributed by atoms with Crippen LogP contribution in [0.4, 0.5) is 0 Å². The summed E-state index contributed by atoms with van der Waals surface area (Å²) in [5, 5.41) is 8.05. The van der Waals surface area contributed by atoms with Gasteiger partial charge in [0.1, 0.15) is 0 Å². The van der Waals surface area contributed by atoms with Crippen molar-refractivity contribution in [2.24, 2.45) is 5.84 Å². The molecule has 5 nitrogen and oxygen atoms in total. The first-order valence-electron chi connectivity index (χ1n) is 5.86. The third kappa shape index (κ3) is 2.77. The summed E-state index contributed by atoms with van der Waals surface area (Å²) >= 11 is 3.47. The van der Waals surface area contributed by atoms with Gasteiger partial charge in [0.05, 0.1) is 17.9 Å². The summed E-state index contributed by atoms with van der Waals surface area (Å²) < 4.78 is 2.90. The predicted molar refractivity (Wildman–Crippen MR) is 73.6 cm³/mol. The van der Waals surface area contributed by atoms with E-state index >= 15 is 0 Å². The van der Waals surface area contributed by atoms with Crippen LogP contribution in [0, 0.1) is 0 Å². The molecule has 0 spiro atoms. The van der Waals surface area contributed by atoms with E-state index in [1.807, 2.05) is 28.9 Å². The Kier molecular flexibility index (Phi) is 4.46. The quantitative estimate of drug-likeness (QED) is 0.655. The number of nitrogens with two attached hydrogens (primary N) is 1. The second-order valence-corrected chi connectivity index (χ2v) is 4.95. The highest BCUT2D eigenvalue weighted by Gasteiger charge is 2.17. The van der Waals surface area contributed by atoms with E-state index in [4.69, 9.17) is 5.84 Å². The first kappa shape index (κ1) is 13.2. The van der Waals surface area contributed by atoms with Crippen molar-refractivity contribution in [2.45, 2.75) is 25.9 Å². The van der Waals surface area contributed by atoms with E-state index in [1.54, 1.807) is 6.20 Å². The topological polar surface area (TPSA) is 68.8 Å². The number of halogens is 1. The maximum Gasteiger partial charge on any atom is 0.0895 e. The van der Waals surface area contributed by atoms with E-state index in [0.29, 0.717) is 0 Å². The monoisotopic (exact) mass is 309 g/mol.